The Morgan fingerprint density at radius 3 is 1.88 bits per heavy atom. The van der Waals surface area contributed by atoms with Gasteiger partial charge in [-0.2, -0.15) is 9.10 Å². The topological polar surface area (TPSA) is 236 Å². The summed E-state index contributed by atoms with van der Waals surface area (Å²) < 4.78 is 87.4. The summed E-state index contributed by atoms with van der Waals surface area (Å²) >= 11 is 0. The van der Waals surface area contributed by atoms with Crippen LogP contribution in [0.3, 0.4) is 0 Å². The standard InChI is InChI=1S/C48H53N9O10S2/c1-48(2,3)67-47(59)54-29-37(30-54)68(60,61)41-23-22-38(39-8-7-9-40-43(39)50-46(49)56(40)24-25-58)42(45-51-53-57(52-45)28-33-14-20-36(66-6)21-15-33)44(41)69(62,63)55(26-31-10-16-34(64-4)17-11-31)27-32-12-18-35(65-5)19-13-32/h7-23,37,58H,24-30H2,1-6H3,(H2,49,50). The molecule has 8 rings (SSSR count). The lowest BCUT2D eigenvalue weighted by Crippen LogP contribution is -2.57. The second-order valence-electron chi connectivity index (χ2n) is 17.3. The van der Waals surface area contributed by atoms with Gasteiger partial charge in [-0.1, -0.05) is 54.6 Å². The number of benzene rings is 5. The van der Waals surface area contributed by atoms with Gasteiger partial charge in [0.05, 0.1) is 56.0 Å². The highest BCUT2D eigenvalue weighted by atomic mass is 32.2. The Balaban J connectivity index is 1.39. The maximum Gasteiger partial charge on any atom is 0.410 e. The number of aliphatic hydroxyl groups excluding tert-OH is 1. The Bertz CT molecular complexity index is 3150. The Kier molecular flexibility index (Phi) is 13.7. The van der Waals surface area contributed by atoms with Gasteiger partial charge in [-0.3, -0.25) is 0 Å². The number of anilines is 1. The molecule has 362 valence electrons. The molecule has 19 nitrogen and oxygen atoms in total. The van der Waals surface area contributed by atoms with Gasteiger partial charge >= 0.3 is 6.09 Å². The van der Waals surface area contributed by atoms with Crippen molar-refractivity contribution in [3.05, 3.63) is 120 Å². The molecule has 3 heterocycles. The number of likely N-dealkylation sites (tertiary alicyclic amines) is 1. The number of fused-ring (bicyclic) bond motifs is 1. The molecule has 0 atom stereocenters. The first-order valence-corrected chi connectivity index (χ1v) is 24.8. The van der Waals surface area contributed by atoms with Gasteiger partial charge in [-0.15, -0.1) is 10.2 Å². The third kappa shape index (κ3) is 10.1. The number of nitrogens with zero attached hydrogens (tertiary/aromatic N) is 8. The number of sulfone groups is 1. The molecule has 5 aromatic carbocycles. The first kappa shape index (κ1) is 48.4. The summed E-state index contributed by atoms with van der Waals surface area (Å²) in [6.45, 7) is 4.14. The predicted octanol–water partition coefficient (Wildman–Crippen LogP) is 5.79. The van der Waals surface area contributed by atoms with E-state index in [1.165, 1.54) is 40.4 Å². The lowest BCUT2D eigenvalue weighted by Gasteiger charge is -2.39. The molecule has 0 bridgehead atoms. The number of ether oxygens (including phenoxy) is 4. The third-order valence-electron chi connectivity index (χ3n) is 11.6. The van der Waals surface area contributed by atoms with E-state index >= 15 is 16.8 Å². The maximum atomic E-state index is 16.2. The molecule has 3 N–H and O–H groups in total. The fraction of sp³-hybridized carbons (Fsp3) is 0.312. The molecule has 7 aromatic rings. The smallest absolute Gasteiger partial charge is 0.410 e. The van der Waals surface area contributed by atoms with Gasteiger partial charge in [-0.25, -0.2) is 26.6 Å². The quantitative estimate of drug-likeness (QED) is 0.110. The van der Waals surface area contributed by atoms with E-state index in [1.807, 2.05) is 12.1 Å². The van der Waals surface area contributed by atoms with Crippen molar-refractivity contribution in [2.75, 3.05) is 46.8 Å². The summed E-state index contributed by atoms with van der Waals surface area (Å²) in [5.41, 5.74) is 8.75. The molecule has 69 heavy (non-hydrogen) atoms. The average molecular weight is 980 g/mol. The molecular formula is C48H53N9O10S2. The minimum atomic E-state index is -4.97. The summed E-state index contributed by atoms with van der Waals surface area (Å²) in [7, 11) is -4.98. The number of carbonyl (C=O) groups is 1. The minimum Gasteiger partial charge on any atom is -0.497 e. The zero-order chi connectivity index (χ0) is 49.3. The first-order chi connectivity index (χ1) is 32.9. The lowest BCUT2D eigenvalue weighted by molar-refractivity contribution is 0.0139. The van der Waals surface area contributed by atoms with E-state index in [1.54, 1.807) is 111 Å². The van der Waals surface area contributed by atoms with Crippen molar-refractivity contribution in [1.82, 2.24) is 39.0 Å². The number of hydrogen-bond donors (Lipinski definition) is 2. The molecule has 2 aromatic heterocycles. The van der Waals surface area contributed by atoms with Crippen LogP contribution < -0.4 is 19.9 Å². The molecule has 1 aliphatic heterocycles. The molecule has 0 aliphatic carbocycles. The van der Waals surface area contributed by atoms with E-state index in [2.05, 4.69) is 15.3 Å². The zero-order valence-corrected chi connectivity index (χ0v) is 40.6. The van der Waals surface area contributed by atoms with Gasteiger partial charge in [0.2, 0.25) is 21.8 Å². The number of rotatable bonds is 17. The van der Waals surface area contributed by atoms with Crippen molar-refractivity contribution in [1.29, 1.82) is 0 Å². The summed E-state index contributed by atoms with van der Waals surface area (Å²) in [6, 6.07) is 28.9. The van der Waals surface area contributed by atoms with Crippen molar-refractivity contribution in [3.8, 4) is 39.8 Å². The maximum absolute atomic E-state index is 16.2. The van der Waals surface area contributed by atoms with Crippen LogP contribution in [0.1, 0.15) is 37.5 Å². The van der Waals surface area contributed by atoms with Crippen LogP contribution >= 0.6 is 0 Å². The van der Waals surface area contributed by atoms with Crippen LogP contribution in [-0.4, -0.2) is 119 Å². The van der Waals surface area contributed by atoms with Gasteiger partial charge < -0.3 is 39.3 Å². The van der Waals surface area contributed by atoms with Crippen molar-refractivity contribution >= 4 is 42.9 Å². The van der Waals surface area contributed by atoms with Crippen molar-refractivity contribution < 1.29 is 45.7 Å². The van der Waals surface area contributed by atoms with Crippen LogP contribution in [0.15, 0.2) is 113 Å². The molecule has 1 saturated heterocycles. The number of nitrogen functional groups attached to an aromatic ring is 1. The summed E-state index contributed by atoms with van der Waals surface area (Å²) in [4.78, 5) is 19.2. The third-order valence-corrected chi connectivity index (χ3v) is 15.7. The SMILES string of the molecule is COc1ccc(CN(Cc2ccc(OC)cc2)S(=O)(=O)c2c(S(=O)(=O)C3CN(C(=O)OC(C)(C)C)C3)ccc(-c3cccc4c3nc(N)n4CCO)c2-c2nnn(Cc3ccc(OC)cc3)n2)cc1. The normalized spacial score (nSPS) is 13.4. The predicted molar refractivity (Wildman–Crippen MR) is 257 cm³/mol. The van der Waals surface area contributed by atoms with Crippen LogP contribution in [0.4, 0.5) is 10.7 Å². The number of sulfonamides is 1. The fourth-order valence-corrected chi connectivity index (χ4v) is 12.1. The van der Waals surface area contributed by atoms with Gasteiger partial charge in [0.15, 0.2) is 9.84 Å². The molecule has 0 radical (unpaired) electrons. The largest absolute Gasteiger partial charge is 0.497 e. The fourth-order valence-electron chi connectivity index (χ4n) is 8.03. The highest BCUT2D eigenvalue weighted by Crippen LogP contribution is 2.44. The van der Waals surface area contributed by atoms with Crippen LogP contribution in [0.25, 0.3) is 33.5 Å². The molecule has 0 spiro atoms. The molecule has 1 aliphatic rings. The van der Waals surface area contributed by atoms with E-state index in [0.717, 1.165) is 5.56 Å². The van der Waals surface area contributed by atoms with Crippen molar-refractivity contribution in [3.63, 3.8) is 0 Å². The van der Waals surface area contributed by atoms with E-state index in [9.17, 15) is 9.90 Å². The molecule has 21 heteroatoms. The van der Waals surface area contributed by atoms with E-state index in [0.29, 0.717) is 45.0 Å². The second kappa shape index (κ2) is 19.5. The van der Waals surface area contributed by atoms with Crippen molar-refractivity contribution in [2.45, 2.75) is 67.6 Å². The van der Waals surface area contributed by atoms with Crippen LogP contribution in [0, 0.1) is 0 Å². The Morgan fingerprint density at radius 1 is 0.783 bits per heavy atom. The minimum absolute atomic E-state index is 0.0911. The number of amides is 1. The molecule has 0 saturated carbocycles. The van der Waals surface area contributed by atoms with Crippen LogP contribution in [-0.2, 0) is 50.8 Å². The van der Waals surface area contributed by atoms with Gasteiger partial charge in [0.1, 0.15) is 33.0 Å². The number of para-hydroxylation sites is 1. The number of aromatic nitrogens is 6. The molecule has 1 fully saturated rings. The summed E-state index contributed by atoms with van der Waals surface area (Å²) in [5, 5.41) is 22.3. The number of tetrazole rings is 1. The highest BCUT2D eigenvalue weighted by Gasteiger charge is 2.46. The zero-order valence-electron chi connectivity index (χ0n) is 38.9. The molecule has 0 unspecified atom stereocenters. The Hall–Kier alpha value is -7.07. The number of carbonyl (C=O) groups excluding carboxylic acids is 1. The Morgan fingerprint density at radius 2 is 1.35 bits per heavy atom. The first-order valence-electron chi connectivity index (χ1n) is 21.9. The molecule has 1 amide bonds. The van der Waals surface area contributed by atoms with Gasteiger partial charge in [-0.05, 0) is 96.8 Å². The van der Waals surface area contributed by atoms with E-state index in [-0.39, 0.29) is 68.8 Å². The lowest BCUT2D eigenvalue weighted by atomic mass is 9.98. The molecular weight excluding hydrogens is 927 g/mol. The van der Waals surface area contributed by atoms with Crippen LogP contribution in [0.5, 0.6) is 17.2 Å². The summed E-state index contributed by atoms with van der Waals surface area (Å²) in [6.07, 6.45) is -0.700. The number of methoxy groups -OCH3 is 3. The monoisotopic (exact) mass is 979 g/mol. The second-order valence-corrected chi connectivity index (χ2v) is 21.4. The average Bonchev–Trinajstić information content (AvgIpc) is 3.91. The van der Waals surface area contributed by atoms with Crippen molar-refractivity contribution in [2.24, 2.45) is 0 Å². The number of hydrogen-bond acceptors (Lipinski definition) is 15. The highest BCUT2D eigenvalue weighted by molar-refractivity contribution is 7.94. The van der Waals surface area contributed by atoms with E-state index < -0.39 is 46.6 Å². The van der Waals surface area contributed by atoms with Gasteiger partial charge in [0, 0.05) is 38.3 Å². The number of nitrogens with two attached hydrogens (primary N) is 1. The van der Waals surface area contributed by atoms with E-state index in [4.69, 9.17) is 29.8 Å². The summed E-state index contributed by atoms with van der Waals surface area (Å²) in [5.74, 6) is 1.62. The van der Waals surface area contributed by atoms with Crippen LogP contribution in [0.2, 0.25) is 0 Å². The van der Waals surface area contributed by atoms with Gasteiger partial charge in [0.25, 0.3) is 0 Å². The Labute approximate surface area is 400 Å². The number of aliphatic hydroxyl groups is 1. The number of imidazole rings is 1.